The fourth-order valence-electron chi connectivity index (χ4n) is 3.60. The Morgan fingerprint density at radius 1 is 0.731 bits per heavy atom. The SMILES string of the molecule is C#CC.C=C(N)CCOC(C(COCC/C(N)=N/O)OCCC(C)=N)C(OCC/C(N)=N/O)C(COCCC=NC)OCC/C(N)=N/O.CC.CO. The van der Waals surface area contributed by atoms with Crippen molar-refractivity contribution in [2.45, 2.75) is 90.6 Å². The summed E-state index contributed by atoms with van der Waals surface area (Å²) in [6, 6.07) is 0. The second kappa shape index (κ2) is 41.4. The molecule has 0 aromatic carbocycles. The number of aliphatic hydroxyl groups excluding tert-OH is 1. The maximum Gasteiger partial charge on any atom is 0.141 e. The van der Waals surface area contributed by atoms with Crippen LogP contribution in [0.4, 0.5) is 0 Å². The number of rotatable bonds is 29. The van der Waals surface area contributed by atoms with Crippen molar-refractivity contribution in [1.29, 1.82) is 5.41 Å². The summed E-state index contributed by atoms with van der Waals surface area (Å²) in [6.45, 7) is 11.9. The number of aliphatic imine (C=N–C) groups is 1. The van der Waals surface area contributed by atoms with Crippen LogP contribution in [0.5, 0.6) is 0 Å². The van der Waals surface area contributed by atoms with Gasteiger partial charge in [0.1, 0.15) is 41.9 Å². The summed E-state index contributed by atoms with van der Waals surface area (Å²) in [5.74, 6) is 2.16. The van der Waals surface area contributed by atoms with Crippen LogP contribution in [-0.2, 0) is 28.4 Å². The van der Waals surface area contributed by atoms with Crippen molar-refractivity contribution < 1.29 is 49.1 Å². The highest BCUT2D eigenvalue weighted by Gasteiger charge is 2.39. The second-order valence-corrected chi connectivity index (χ2v) is 10.1. The number of hydrogen-bond acceptors (Lipinski definition) is 16. The molecule has 0 bridgehead atoms. The third-order valence-corrected chi connectivity index (χ3v) is 5.98. The summed E-state index contributed by atoms with van der Waals surface area (Å²) in [4.78, 5) is 3.96. The molecule has 0 aromatic heterocycles. The Kier molecular flexibility index (Phi) is 43.6. The lowest BCUT2D eigenvalue weighted by Crippen LogP contribution is -2.53. The Balaban J connectivity index is -0.00000153. The van der Waals surface area contributed by atoms with Crippen LogP contribution in [0.2, 0.25) is 0 Å². The van der Waals surface area contributed by atoms with Crippen LogP contribution in [0.1, 0.15) is 66.2 Å². The van der Waals surface area contributed by atoms with Gasteiger partial charge in [-0.3, -0.25) is 0 Å². The van der Waals surface area contributed by atoms with Crippen LogP contribution >= 0.6 is 0 Å². The van der Waals surface area contributed by atoms with Crippen molar-refractivity contribution in [3.63, 3.8) is 0 Å². The van der Waals surface area contributed by atoms with Gasteiger partial charge in [-0.25, -0.2) is 0 Å². The molecule has 13 N–H and O–H groups in total. The average molecular weight is 750 g/mol. The fourth-order valence-corrected chi connectivity index (χ4v) is 3.60. The predicted octanol–water partition coefficient (Wildman–Crippen LogP) is 1.63. The number of oxime groups is 3. The van der Waals surface area contributed by atoms with Crippen LogP contribution in [0.25, 0.3) is 0 Å². The first kappa shape index (κ1) is 54.7. The standard InChI is InChI=1S/C27H53N9O9.C3H4.C2H6.CH4O/c1-19(28)5-13-42-22(18-41-12-7-23(30)34-37)26(44-14-6-20(2)29)27(45-16-9-25(32)36-39)21(17-40-11-4-10-33-3)43-15-8-24(31)35-38;1-3-2;2*1-2/h10,21-22,26-28,37-39H,2,4-9,11-18,29H2,1,3H3,(H2,30,34)(H2,31,35)(H2,32,36);1H,2H3;1-2H3;2H,1H3. The molecule has 0 saturated carbocycles. The average Bonchev–Trinajstić information content (AvgIpc) is 3.14. The van der Waals surface area contributed by atoms with E-state index in [1.165, 1.54) is 0 Å². The Morgan fingerprint density at radius 2 is 1.10 bits per heavy atom. The number of nitrogens with two attached hydrogens (primary N) is 4. The van der Waals surface area contributed by atoms with Gasteiger partial charge in [0.15, 0.2) is 0 Å². The van der Waals surface area contributed by atoms with Crippen LogP contribution in [0.15, 0.2) is 32.7 Å². The number of nitrogens with zero attached hydrogens (tertiary/aromatic N) is 4. The summed E-state index contributed by atoms with van der Waals surface area (Å²) in [7, 11) is 2.66. The smallest absolute Gasteiger partial charge is 0.141 e. The maximum atomic E-state index is 9.05. The summed E-state index contributed by atoms with van der Waals surface area (Å²) < 4.78 is 36.7. The lowest BCUT2D eigenvalue weighted by molar-refractivity contribution is -0.195. The molecule has 0 aliphatic heterocycles. The van der Waals surface area contributed by atoms with Gasteiger partial charge in [0.05, 0.1) is 52.9 Å². The van der Waals surface area contributed by atoms with E-state index in [0.717, 1.165) is 7.11 Å². The fraction of sp³-hybridized carbons (Fsp3) is 0.727. The molecule has 0 saturated heterocycles. The largest absolute Gasteiger partial charge is 0.409 e. The van der Waals surface area contributed by atoms with Crippen molar-refractivity contribution in [3.8, 4) is 12.3 Å². The van der Waals surface area contributed by atoms with Gasteiger partial charge in [-0.05, 0) is 13.8 Å². The molecular weight excluding hydrogens is 682 g/mol. The molecule has 0 aliphatic rings. The molecule has 0 radical (unpaired) electrons. The minimum Gasteiger partial charge on any atom is -0.409 e. The molecule has 19 nitrogen and oxygen atoms in total. The first-order valence-electron chi connectivity index (χ1n) is 16.7. The number of hydrogen-bond donors (Lipinski definition) is 9. The van der Waals surface area contributed by atoms with Crippen LogP contribution in [0, 0.1) is 17.8 Å². The molecule has 19 heteroatoms. The molecule has 4 unspecified atom stereocenters. The number of amidine groups is 3. The van der Waals surface area contributed by atoms with Crippen molar-refractivity contribution >= 4 is 29.4 Å². The summed E-state index contributed by atoms with van der Waals surface area (Å²) >= 11 is 0. The molecule has 4 atom stereocenters. The maximum absolute atomic E-state index is 9.05. The molecule has 0 spiro atoms. The van der Waals surface area contributed by atoms with Crippen LogP contribution in [0.3, 0.4) is 0 Å². The van der Waals surface area contributed by atoms with Crippen molar-refractivity contribution in [1.82, 2.24) is 0 Å². The summed E-state index contributed by atoms with van der Waals surface area (Å²) in [5, 5.41) is 50.7. The molecule has 304 valence electrons. The normalized spacial score (nSPS) is 13.9. The van der Waals surface area contributed by atoms with Crippen molar-refractivity contribution in [2.75, 3.05) is 67.0 Å². The summed E-state index contributed by atoms with van der Waals surface area (Å²) in [5.41, 5.74) is 23.6. The third kappa shape index (κ3) is 34.4. The highest BCUT2D eigenvalue weighted by atomic mass is 16.6. The lowest BCUT2D eigenvalue weighted by atomic mass is 10.0. The van der Waals surface area contributed by atoms with Gasteiger partial charge < -0.3 is 82.5 Å². The minimum atomic E-state index is -0.895. The highest BCUT2D eigenvalue weighted by Crippen LogP contribution is 2.21. The van der Waals surface area contributed by atoms with Gasteiger partial charge in [0.2, 0.25) is 0 Å². The monoisotopic (exact) mass is 750 g/mol. The molecular formula is C33H67N9O10. The Morgan fingerprint density at radius 3 is 1.48 bits per heavy atom. The van der Waals surface area contributed by atoms with Gasteiger partial charge >= 0.3 is 0 Å². The lowest BCUT2D eigenvalue weighted by Gasteiger charge is -2.37. The Hall–Kier alpha value is -4.03. The van der Waals surface area contributed by atoms with E-state index in [0.29, 0.717) is 37.3 Å². The van der Waals surface area contributed by atoms with E-state index in [-0.39, 0.29) is 83.0 Å². The first-order valence-corrected chi connectivity index (χ1v) is 16.7. The van der Waals surface area contributed by atoms with E-state index in [4.69, 9.17) is 77.5 Å². The van der Waals surface area contributed by atoms with Gasteiger partial charge in [0.25, 0.3) is 0 Å². The Labute approximate surface area is 309 Å². The van der Waals surface area contributed by atoms with Crippen molar-refractivity contribution in [3.05, 3.63) is 12.3 Å². The Bertz CT molecular complexity index is 1020. The van der Waals surface area contributed by atoms with Gasteiger partial charge in [-0.1, -0.05) is 35.9 Å². The van der Waals surface area contributed by atoms with Crippen LogP contribution in [-0.4, -0.2) is 142 Å². The van der Waals surface area contributed by atoms with Gasteiger partial charge in [-0.15, -0.1) is 12.3 Å². The molecule has 0 aromatic rings. The zero-order valence-electron chi connectivity index (χ0n) is 31.9. The number of aliphatic hydroxyl groups is 1. The van der Waals surface area contributed by atoms with E-state index in [1.54, 1.807) is 27.1 Å². The van der Waals surface area contributed by atoms with E-state index in [9.17, 15) is 0 Å². The van der Waals surface area contributed by atoms with E-state index < -0.39 is 24.4 Å². The van der Waals surface area contributed by atoms with Crippen LogP contribution < -0.4 is 22.9 Å². The zero-order chi connectivity index (χ0) is 40.6. The predicted molar refractivity (Wildman–Crippen MR) is 204 cm³/mol. The second-order valence-electron chi connectivity index (χ2n) is 10.1. The molecule has 0 heterocycles. The summed E-state index contributed by atoms with van der Waals surface area (Å²) in [6.07, 6.45) is 4.56. The highest BCUT2D eigenvalue weighted by molar-refractivity contribution is 5.80. The first-order chi connectivity index (χ1) is 25.0. The molecule has 0 aliphatic carbocycles. The van der Waals surface area contributed by atoms with E-state index >= 15 is 0 Å². The quantitative estimate of drug-likeness (QED) is 0.0131. The van der Waals surface area contributed by atoms with Gasteiger partial charge in [0, 0.05) is 70.3 Å². The molecule has 0 amide bonds. The molecule has 0 fully saturated rings. The van der Waals surface area contributed by atoms with Gasteiger partial charge in [-0.2, -0.15) is 0 Å². The minimum absolute atomic E-state index is 0.00326. The van der Waals surface area contributed by atoms with E-state index in [1.807, 2.05) is 13.8 Å². The molecule has 52 heavy (non-hydrogen) atoms. The molecule has 0 rings (SSSR count). The topological polar surface area (TPSA) is 314 Å². The number of nitrogens with one attached hydrogen (secondary N) is 1. The van der Waals surface area contributed by atoms with Crippen molar-refractivity contribution in [2.24, 2.45) is 43.4 Å². The third-order valence-electron chi connectivity index (χ3n) is 5.98. The number of ether oxygens (including phenoxy) is 6. The number of terminal acetylenes is 1. The van der Waals surface area contributed by atoms with E-state index in [2.05, 4.69) is 39.4 Å². The zero-order valence-corrected chi connectivity index (χ0v) is 31.9.